The summed E-state index contributed by atoms with van der Waals surface area (Å²) in [5.74, 6) is 0.222. The molecule has 2 rings (SSSR count). The van der Waals surface area contributed by atoms with Gasteiger partial charge in [-0.3, -0.25) is 4.98 Å². The van der Waals surface area contributed by atoms with E-state index in [9.17, 15) is 8.42 Å². The van der Waals surface area contributed by atoms with Crippen LogP contribution in [0.5, 0.6) is 5.75 Å². The van der Waals surface area contributed by atoms with Crippen molar-refractivity contribution in [2.75, 3.05) is 11.1 Å². The van der Waals surface area contributed by atoms with Crippen molar-refractivity contribution in [2.24, 2.45) is 0 Å². The van der Waals surface area contributed by atoms with E-state index >= 15 is 0 Å². The summed E-state index contributed by atoms with van der Waals surface area (Å²) >= 11 is 0. The van der Waals surface area contributed by atoms with Crippen molar-refractivity contribution >= 4 is 15.5 Å². The van der Waals surface area contributed by atoms with Gasteiger partial charge in [0.25, 0.3) is 0 Å². The number of anilines is 1. The summed E-state index contributed by atoms with van der Waals surface area (Å²) in [6.07, 6.45) is 1.38. The molecular weight excluding hydrogens is 276 g/mol. The van der Waals surface area contributed by atoms with Crippen LogP contribution in [0.3, 0.4) is 0 Å². The monoisotopic (exact) mass is 292 g/mol. The second-order valence-corrected chi connectivity index (χ2v) is 6.57. The number of nitrogens with zero attached hydrogens (tertiary/aromatic N) is 1. The topological polar surface area (TPSA) is 79.3 Å². The van der Waals surface area contributed by atoms with Crippen LogP contribution in [0.2, 0.25) is 0 Å². The van der Waals surface area contributed by atoms with Gasteiger partial charge in [0, 0.05) is 5.69 Å². The molecule has 0 saturated carbocycles. The highest BCUT2D eigenvalue weighted by molar-refractivity contribution is 7.91. The number of aromatic hydroxyl groups is 1. The highest BCUT2D eigenvalue weighted by Gasteiger charge is 2.10. The summed E-state index contributed by atoms with van der Waals surface area (Å²) in [7, 11) is -3.15. The zero-order valence-corrected chi connectivity index (χ0v) is 11.9. The van der Waals surface area contributed by atoms with Gasteiger partial charge in [0.05, 0.1) is 29.1 Å². The third-order valence-corrected chi connectivity index (χ3v) is 4.63. The van der Waals surface area contributed by atoms with Crippen molar-refractivity contribution in [2.45, 2.75) is 18.4 Å². The SMILES string of the molecule is CCS(=O)(=O)c1ccc(NCc2ccc(O)cn2)cc1. The van der Waals surface area contributed by atoms with Crippen molar-refractivity contribution in [1.29, 1.82) is 0 Å². The highest BCUT2D eigenvalue weighted by atomic mass is 32.2. The largest absolute Gasteiger partial charge is 0.506 e. The summed E-state index contributed by atoms with van der Waals surface area (Å²) in [6, 6.07) is 9.92. The predicted octanol–water partition coefficient (Wildman–Crippen LogP) is 2.19. The van der Waals surface area contributed by atoms with Crippen molar-refractivity contribution in [1.82, 2.24) is 4.98 Å². The quantitative estimate of drug-likeness (QED) is 0.883. The molecule has 0 unspecified atom stereocenters. The van der Waals surface area contributed by atoms with Crippen molar-refractivity contribution in [3.8, 4) is 5.75 Å². The third-order valence-electron chi connectivity index (χ3n) is 2.88. The maximum atomic E-state index is 11.7. The van der Waals surface area contributed by atoms with Gasteiger partial charge in [0.15, 0.2) is 9.84 Å². The molecule has 0 aliphatic carbocycles. The van der Waals surface area contributed by atoms with E-state index < -0.39 is 9.84 Å². The van der Waals surface area contributed by atoms with E-state index in [1.807, 2.05) is 0 Å². The Morgan fingerprint density at radius 1 is 1.15 bits per heavy atom. The van der Waals surface area contributed by atoms with Gasteiger partial charge in [-0.25, -0.2) is 8.42 Å². The summed E-state index contributed by atoms with van der Waals surface area (Å²) in [6.45, 7) is 2.12. The van der Waals surface area contributed by atoms with Crippen LogP contribution in [0.25, 0.3) is 0 Å². The zero-order valence-electron chi connectivity index (χ0n) is 11.1. The lowest BCUT2D eigenvalue weighted by atomic mass is 10.3. The Balaban J connectivity index is 2.03. The van der Waals surface area contributed by atoms with Crippen LogP contribution < -0.4 is 5.32 Å². The molecule has 106 valence electrons. The number of hydrogen-bond donors (Lipinski definition) is 2. The molecule has 0 saturated heterocycles. The summed E-state index contributed by atoms with van der Waals surface area (Å²) in [4.78, 5) is 4.38. The zero-order chi connectivity index (χ0) is 14.6. The number of rotatable bonds is 5. The minimum Gasteiger partial charge on any atom is -0.506 e. The van der Waals surface area contributed by atoms with Crippen LogP contribution in [0, 0.1) is 0 Å². The first-order valence-electron chi connectivity index (χ1n) is 6.22. The van der Waals surface area contributed by atoms with Crippen molar-refractivity contribution in [3.63, 3.8) is 0 Å². The van der Waals surface area contributed by atoms with Crippen LogP contribution in [-0.2, 0) is 16.4 Å². The summed E-state index contributed by atoms with van der Waals surface area (Å²) in [5.41, 5.74) is 1.60. The minimum absolute atomic E-state index is 0.0944. The molecule has 6 heteroatoms. The maximum Gasteiger partial charge on any atom is 0.178 e. The van der Waals surface area contributed by atoms with Crippen LogP contribution in [0.4, 0.5) is 5.69 Å². The predicted molar refractivity (Wildman–Crippen MR) is 77.4 cm³/mol. The fraction of sp³-hybridized carbons (Fsp3) is 0.214. The van der Waals surface area contributed by atoms with Crippen LogP contribution >= 0.6 is 0 Å². The number of sulfone groups is 1. The van der Waals surface area contributed by atoms with Gasteiger partial charge in [0.1, 0.15) is 5.75 Å². The summed E-state index contributed by atoms with van der Waals surface area (Å²) < 4.78 is 23.3. The van der Waals surface area contributed by atoms with Crippen LogP contribution in [0.15, 0.2) is 47.5 Å². The fourth-order valence-corrected chi connectivity index (χ4v) is 2.54. The lowest BCUT2D eigenvalue weighted by Gasteiger charge is -2.07. The molecule has 1 aromatic heterocycles. The first-order valence-corrected chi connectivity index (χ1v) is 7.87. The molecule has 0 bridgehead atoms. The van der Waals surface area contributed by atoms with E-state index in [2.05, 4.69) is 10.3 Å². The number of aromatic nitrogens is 1. The molecule has 0 fully saturated rings. The van der Waals surface area contributed by atoms with Gasteiger partial charge in [-0.2, -0.15) is 0 Å². The molecule has 0 aliphatic heterocycles. The van der Waals surface area contributed by atoms with Gasteiger partial charge in [-0.15, -0.1) is 0 Å². The lowest BCUT2D eigenvalue weighted by Crippen LogP contribution is -2.04. The van der Waals surface area contributed by atoms with E-state index in [1.54, 1.807) is 43.3 Å². The number of benzene rings is 1. The average Bonchev–Trinajstić information content (AvgIpc) is 2.47. The van der Waals surface area contributed by atoms with E-state index in [-0.39, 0.29) is 11.5 Å². The Labute approximate surface area is 118 Å². The molecule has 2 aromatic rings. The molecule has 0 spiro atoms. The summed E-state index contributed by atoms with van der Waals surface area (Å²) in [5, 5.41) is 12.3. The lowest BCUT2D eigenvalue weighted by molar-refractivity contribution is 0.472. The molecule has 0 aliphatic rings. The van der Waals surface area contributed by atoms with E-state index in [4.69, 9.17) is 5.11 Å². The highest BCUT2D eigenvalue weighted by Crippen LogP contribution is 2.16. The average molecular weight is 292 g/mol. The van der Waals surface area contributed by atoms with Gasteiger partial charge in [-0.05, 0) is 36.4 Å². The van der Waals surface area contributed by atoms with Crippen LogP contribution in [0.1, 0.15) is 12.6 Å². The Hall–Kier alpha value is -2.08. The van der Waals surface area contributed by atoms with E-state index in [0.29, 0.717) is 11.4 Å². The Morgan fingerprint density at radius 2 is 1.85 bits per heavy atom. The minimum atomic E-state index is -3.15. The Morgan fingerprint density at radius 3 is 2.40 bits per heavy atom. The Bertz CT molecular complexity index is 665. The normalized spacial score (nSPS) is 11.2. The van der Waals surface area contributed by atoms with E-state index in [0.717, 1.165) is 11.4 Å². The number of pyridine rings is 1. The maximum absolute atomic E-state index is 11.7. The van der Waals surface area contributed by atoms with E-state index in [1.165, 1.54) is 6.20 Å². The second-order valence-electron chi connectivity index (χ2n) is 4.29. The molecular formula is C14H16N2O3S. The molecule has 0 atom stereocenters. The molecule has 2 N–H and O–H groups in total. The number of hydrogen-bond acceptors (Lipinski definition) is 5. The van der Waals surface area contributed by atoms with Crippen molar-refractivity contribution < 1.29 is 13.5 Å². The number of nitrogens with one attached hydrogen (secondary N) is 1. The van der Waals surface area contributed by atoms with Gasteiger partial charge in [-0.1, -0.05) is 6.92 Å². The first kappa shape index (κ1) is 14.3. The molecule has 1 heterocycles. The smallest absolute Gasteiger partial charge is 0.178 e. The third kappa shape index (κ3) is 3.48. The molecule has 5 nitrogen and oxygen atoms in total. The standard InChI is InChI=1S/C14H16N2O3S/c1-2-20(18,19)14-7-4-11(5-8-14)15-9-12-3-6-13(17)10-16-12/h3-8,10,15,17H,2,9H2,1H3. The first-order chi connectivity index (χ1) is 9.51. The van der Waals surface area contributed by atoms with Gasteiger partial charge < -0.3 is 10.4 Å². The molecule has 0 radical (unpaired) electrons. The second kappa shape index (κ2) is 5.92. The van der Waals surface area contributed by atoms with Gasteiger partial charge >= 0.3 is 0 Å². The Kier molecular flexibility index (Phi) is 4.24. The van der Waals surface area contributed by atoms with Crippen LogP contribution in [-0.4, -0.2) is 24.3 Å². The molecule has 20 heavy (non-hydrogen) atoms. The molecule has 0 amide bonds. The molecule has 1 aromatic carbocycles. The van der Waals surface area contributed by atoms with Gasteiger partial charge in [0.2, 0.25) is 0 Å². The van der Waals surface area contributed by atoms with Crippen molar-refractivity contribution in [3.05, 3.63) is 48.3 Å². The fourth-order valence-electron chi connectivity index (χ4n) is 1.66.